The zero-order valence-corrected chi connectivity index (χ0v) is 17.3. The maximum absolute atomic E-state index is 13.0. The summed E-state index contributed by atoms with van der Waals surface area (Å²) in [5.41, 5.74) is 0.947. The normalized spacial score (nSPS) is 16.0. The molecule has 1 aliphatic heterocycles. The molecule has 8 heteroatoms. The Hall–Kier alpha value is -2.03. The summed E-state index contributed by atoms with van der Waals surface area (Å²) >= 11 is 1.54. The lowest BCUT2D eigenvalue weighted by atomic mass is 10.2. The molecule has 0 bridgehead atoms. The molecule has 0 saturated carbocycles. The average molecular weight is 423 g/mol. The Bertz CT molecular complexity index is 944. The van der Waals surface area contributed by atoms with E-state index < -0.39 is 9.84 Å². The molecule has 0 unspecified atom stereocenters. The Balaban J connectivity index is 1.51. The summed E-state index contributed by atoms with van der Waals surface area (Å²) in [4.78, 5) is 18.2. The van der Waals surface area contributed by atoms with Gasteiger partial charge in [-0.3, -0.25) is 9.69 Å². The summed E-state index contributed by atoms with van der Waals surface area (Å²) < 4.78 is 35.5. The van der Waals surface area contributed by atoms with Crippen LogP contribution in [-0.2, 0) is 14.6 Å². The number of piperazine rings is 1. The third-order valence-electron chi connectivity index (χ3n) is 4.61. The van der Waals surface area contributed by atoms with Gasteiger partial charge in [0.1, 0.15) is 15.7 Å². The van der Waals surface area contributed by atoms with Gasteiger partial charge in [-0.25, -0.2) is 12.8 Å². The van der Waals surface area contributed by atoms with E-state index in [9.17, 15) is 17.6 Å². The number of amides is 1. The Morgan fingerprint density at radius 2 is 1.79 bits per heavy atom. The number of hydrogen-bond donors (Lipinski definition) is 0. The SMILES string of the molecule is CS(=O)(=O)CCN1CCN(C(=O)/C=C/c2ccc(-c3ccc(F)cc3)s2)CC1. The van der Waals surface area contributed by atoms with Gasteiger partial charge in [0, 0.05) is 54.8 Å². The highest BCUT2D eigenvalue weighted by atomic mass is 32.2. The second-order valence-corrected chi connectivity index (χ2v) is 10.2. The fraction of sp³-hybridized carbons (Fsp3) is 0.350. The summed E-state index contributed by atoms with van der Waals surface area (Å²) in [5, 5.41) is 0. The molecule has 1 fully saturated rings. The van der Waals surface area contributed by atoms with E-state index in [0.29, 0.717) is 32.7 Å². The minimum absolute atomic E-state index is 0.0421. The molecule has 3 rings (SSSR count). The van der Waals surface area contributed by atoms with Crippen molar-refractivity contribution in [2.24, 2.45) is 0 Å². The topological polar surface area (TPSA) is 57.7 Å². The zero-order valence-electron chi connectivity index (χ0n) is 15.7. The largest absolute Gasteiger partial charge is 0.337 e. The summed E-state index contributed by atoms with van der Waals surface area (Å²) in [6.07, 6.45) is 4.62. The van der Waals surface area contributed by atoms with Gasteiger partial charge in [-0.2, -0.15) is 0 Å². The number of rotatable bonds is 6. The van der Waals surface area contributed by atoms with Crippen molar-refractivity contribution in [2.45, 2.75) is 0 Å². The lowest BCUT2D eigenvalue weighted by molar-refractivity contribution is -0.127. The van der Waals surface area contributed by atoms with Crippen molar-refractivity contribution < 1.29 is 17.6 Å². The third-order valence-corrected chi connectivity index (χ3v) is 6.63. The lowest BCUT2D eigenvalue weighted by Crippen LogP contribution is -2.49. The smallest absolute Gasteiger partial charge is 0.246 e. The number of halogens is 1. The van der Waals surface area contributed by atoms with Gasteiger partial charge >= 0.3 is 0 Å². The van der Waals surface area contributed by atoms with E-state index in [-0.39, 0.29) is 17.5 Å². The van der Waals surface area contributed by atoms with E-state index >= 15 is 0 Å². The van der Waals surface area contributed by atoms with Crippen molar-refractivity contribution in [2.75, 3.05) is 44.7 Å². The molecule has 1 aromatic carbocycles. The van der Waals surface area contributed by atoms with Crippen molar-refractivity contribution >= 4 is 33.2 Å². The van der Waals surface area contributed by atoms with Gasteiger partial charge in [-0.15, -0.1) is 11.3 Å². The Morgan fingerprint density at radius 1 is 1.11 bits per heavy atom. The maximum Gasteiger partial charge on any atom is 0.246 e. The third kappa shape index (κ3) is 5.98. The molecule has 1 aliphatic rings. The molecule has 5 nitrogen and oxygen atoms in total. The Morgan fingerprint density at radius 3 is 2.43 bits per heavy atom. The molecule has 2 aromatic rings. The van der Waals surface area contributed by atoms with E-state index in [1.807, 2.05) is 12.1 Å². The zero-order chi connectivity index (χ0) is 20.1. The molecule has 0 aliphatic carbocycles. The van der Waals surface area contributed by atoms with Gasteiger partial charge in [0.2, 0.25) is 5.91 Å². The highest BCUT2D eigenvalue weighted by Gasteiger charge is 2.20. The van der Waals surface area contributed by atoms with E-state index in [2.05, 4.69) is 4.90 Å². The van der Waals surface area contributed by atoms with Crippen LogP contribution in [0.25, 0.3) is 16.5 Å². The van der Waals surface area contributed by atoms with Gasteiger partial charge in [0.05, 0.1) is 5.75 Å². The van der Waals surface area contributed by atoms with Crippen molar-refractivity contribution in [3.8, 4) is 10.4 Å². The van der Waals surface area contributed by atoms with Crippen LogP contribution in [0.3, 0.4) is 0 Å². The molecule has 0 spiro atoms. The first-order valence-electron chi connectivity index (χ1n) is 9.03. The lowest BCUT2D eigenvalue weighted by Gasteiger charge is -2.34. The number of carbonyl (C=O) groups excluding carboxylic acids is 1. The standard InChI is InChI=1S/C20H23FN2O3S2/c1-28(25,26)15-14-22-10-12-23(13-11-22)20(24)9-7-18-6-8-19(27-18)16-2-4-17(21)5-3-16/h2-9H,10-15H2,1H3/b9-7+. The second-order valence-electron chi connectivity index (χ2n) is 6.84. The van der Waals surface area contributed by atoms with Crippen LogP contribution in [0.4, 0.5) is 4.39 Å². The number of thiophene rings is 1. The number of hydrogen-bond acceptors (Lipinski definition) is 5. The van der Waals surface area contributed by atoms with Crippen LogP contribution in [0.2, 0.25) is 0 Å². The summed E-state index contributed by atoms with van der Waals surface area (Å²) in [5.74, 6) is -0.155. The van der Waals surface area contributed by atoms with Crippen molar-refractivity contribution in [3.63, 3.8) is 0 Å². The van der Waals surface area contributed by atoms with Crippen LogP contribution in [0.1, 0.15) is 4.88 Å². The first-order chi connectivity index (χ1) is 13.3. The van der Waals surface area contributed by atoms with Gasteiger partial charge in [0.15, 0.2) is 0 Å². The van der Waals surface area contributed by atoms with Gasteiger partial charge in [-0.1, -0.05) is 12.1 Å². The molecule has 0 atom stereocenters. The Kier molecular flexibility index (Phi) is 6.64. The summed E-state index contributed by atoms with van der Waals surface area (Å²) in [6.45, 7) is 3.07. The highest BCUT2D eigenvalue weighted by molar-refractivity contribution is 7.90. The summed E-state index contributed by atoms with van der Waals surface area (Å²) in [7, 11) is -2.96. The van der Waals surface area contributed by atoms with Crippen molar-refractivity contribution in [1.29, 1.82) is 0 Å². The first kappa shape index (κ1) is 20.7. The molecule has 150 valence electrons. The molecule has 1 amide bonds. The molecule has 1 saturated heterocycles. The molecule has 1 aromatic heterocycles. The molecule has 0 N–H and O–H groups in total. The first-order valence-corrected chi connectivity index (χ1v) is 11.9. The minimum Gasteiger partial charge on any atom is -0.337 e. The van der Waals surface area contributed by atoms with Gasteiger partial charge in [-0.05, 0) is 35.9 Å². The molecule has 2 heterocycles. The van der Waals surface area contributed by atoms with E-state index in [1.54, 1.807) is 40.5 Å². The molecular weight excluding hydrogens is 399 g/mol. The van der Waals surface area contributed by atoms with E-state index in [4.69, 9.17) is 0 Å². The van der Waals surface area contributed by atoms with Crippen LogP contribution in [0.15, 0.2) is 42.5 Å². The average Bonchev–Trinajstić information content (AvgIpc) is 3.14. The monoisotopic (exact) mass is 422 g/mol. The van der Waals surface area contributed by atoms with Crippen molar-refractivity contribution in [3.05, 3.63) is 53.2 Å². The number of benzene rings is 1. The van der Waals surface area contributed by atoms with Crippen molar-refractivity contribution in [1.82, 2.24) is 9.80 Å². The fourth-order valence-corrected chi connectivity index (χ4v) is 4.46. The second kappa shape index (κ2) is 8.98. The quantitative estimate of drug-likeness (QED) is 0.672. The highest BCUT2D eigenvalue weighted by Crippen LogP contribution is 2.29. The predicted molar refractivity (Wildman–Crippen MR) is 111 cm³/mol. The number of carbonyl (C=O) groups is 1. The van der Waals surface area contributed by atoms with Gasteiger partial charge < -0.3 is 4.90 Å². The van der Waals surface area contributed by atoms with E-state index in [1.165, 1.54) is 18.4 Å². The van der Waals surface area contributed by atoms with Crippen LogP contribution in [0.5, 0.6) is 0 Å². The number of sulfone groups is 1. The molecule has 28 heavy (non-hydrogen) atoms. The predicted octanol–water partition coefficient (Wildman–Crippen LogP) is 2.76. The van der Waals surface area contributed by atoms with Crippen LogP contribution < -0.4 is 0 Å². The van der Waals surface area contributed by atoms with Crippen LogP contribution >= 0.6 is 11.3 Å². The van der Waals surface area contributed by atoms with Crippen LogP contribution in [-0.4, -0.2) is 68.9 Å². The molecule has 0 radical (unpaired) electrons. The number of nitrogens with zero attached hydrogens (tertiary/aromatic N) is 2. The van der Waals surface area contributed by atoms with E-state index in [0.717, 1.165) is 15.3 Å². The minimum atomic E-state index is -2.96. The molecular formula is C20H23FN2O3S2. The fourth-order valence-electron chi connectivity index (χ4n) is 2.96. The van der Waals surface area contributed by atoms with Crippen LogP contribution in [0, 0.1) is 5.82 Å². The maximum atomic E-state index is 13.0. The van der Waals surface area contributed by atoms with Gasteiger partial charge in [0.25, 0.3) is 0 Å². The summed E-state index contributed by atoms with van der Waals surface area (Å²) in [6, 6.07) is 10.2. The Labute approximate surface area is 169 Å².